The van der Waals surface area contributed by atoms with Gasteiger partial charge in [-0.15, -0.1) is 0 Å². The van der Waals surface area contributed by atoms with Crippen LogP contribution in [0.1, 0.15) is 40.0 Å². The lowest BCUT2D eigenvalue weighted by molar-refractivity contribution is 0.253. The van der Waals surface area contributed by atoms with Crippen LogP contribution >= 0.6 is 11.8 Å². The van der Waals surface area contributed by atoms with E-state index in [0.29, 0.717) is 6.04 Å². The molecule has 0 saturated carbocycles. The Bertz CT molecular complexity index is 162. The van der Waals surface area contributed by atoms with Gasteiger partial charge in [-0.25, -0.2) is 0 Å². The minimum atomic E-state index is 0.708. The molecule has 0 rings (SSSR count). The highest BCUT2D eigenvalue weighted by molar-refractivity contribution is 7.98. The van der Waals surface area contributed by atoms with Crippen LogP contribution in [-0.4, -0.2) is 49.6 Å². The molecule has 104 valence electrons. The zero-order valence-corrected chi connectivity index (χ0v) is 13.3. The topological polar surface area (TPSA) is 15.3 Å². The van der Waals surface area contributed by atoms with Crippen molar-refractivity contribution in [2.45, 2.75) is 46.1 Å². The van der Waals surface area contributed by atoms with Gasteiger partial charge in [0.1, 0.15) is 0 Å². The summed E-state index contributed by atoms with van der Waals surface area (Å²) in [4.78, 5) is 2.46. The van der Waals surface area contributed by atoms with Crippen molar-refractivity contribution in [1.82, 2.24) is 10.2 Å². The fourth-order valence-electron chi connectivity index (χ4n) is 1.74. The van der Waals surface area contributed by atoms with Crippen LogP contribution in [0.5, 0.6) is 0 Å². The first-order valence-electron chi connectivity index (χ1n) is 6.97. The number of hydrogen-bond acceptors (Lipinski definition) is 3. The predicted molar refractivity (Wildman–Crippen MR) is 82.0 cm³/mol. The smallest absolute Gasteiger partial charge is 0.0107 e. The molecule has 1 N–H and O–H groups in total. The van der Waals surface area contributed by atoms with Crippen LogP contribution in [0.4, 0.5) is 0 Å². The van der Waals surface area contributed by atoms with Gasteiger partial charge in [0.15, 0.2) is 0 Å². The first kappa shape index (κ1) is 17.3. The van der Waals surface area contributed by atoms with E-state index in [4.69, 9.17) is 0 Å². The maximum absolute atomic E-state index is 3.54. The second kappa shape index (κ2) is 11.4. The van der Waals surface area contributed by atoms with Gasteiger partial charge in [-0.05, 0) is 57.7 Å². The molecular formula is C14H32N2S. The van der Waals surface area contributed by atoms with Gasteiger partial charge >= 0.3 is 0 Å². The molecule has 0 fully saturated rings. The van der Waals surface area contributed by atoms with E-state index >= 15 is 0 Å². The van der Waals surface area contributed by atoms with Crippen molar-refractivity contribution in [1.29, 1.82) is 0 Å². The highest BCUT2D eigenvalue weighted by atomic mass is 32.2. The lowest BCUT2D eigenvalue weighted by atomic mass is 10.1. The molecule has 3 heteroatoms. The van der Waals surface area contributed by atoms with Gasteiger partial charge in [0, 0.05) is 19.1 Å². The van der Waals surface area contributed by atoms with Crippen LogP contribution in [-0.2, 0) is 0 Å². The molecule has 0 spiro atoms. The van der Waals surface area contributed by atoms with Crippen LogP contribution in [0.2, 0.25) is 0 Å². The highest BCUT2D eigenvalue weighted by Crippen LogP contribution is 2.05. The first-order chi connectivity index (χ1) is 8.07. The van der Waals surface area contributed by atoms with Crippen molar-refractivity contribution in [3.63, 3.8) is 0 Å². The summed E-state index contributed by atoms with van der Waals surface area (Å²) in [5.41, 5.74) is 0. The molecule has 0 aromatic rings. The summed E-state index contributed by atoms with van der Waals surface area (Å²) in [5.74, 6) is 2.11. The fraction of sp³-hybridized carbons (Fsp3) is 1.00. The Morgan fingerprint density at radius 2 is 1.82 bits per heavy atom. The fourth-order valence-corrected chi connectivity index (χ4v) is 2.32. The quantitative estimate of drug-likeness (QED) is 0.575. The molecule has 0 heterocycles. The Labute approximate surface area is 113 Å². The molecule has 0 aromatic carbocycles. The SMILES string of the molecule is CSCCC(C)N(C)CCNCCCC(C)C. The third-order valence-electron chi connectivity index (χ3n) is 3.27. The van der Waals surface area contributed by atoms with E-state index in [9.17, 15) is 0 Å². The number of nitrogens with zero attached hydrogens (tertiary/aromatic N) is 1. The van der Waals surface area contributed by atoms with Gasteiger partial charge in [0.05, 0.1) is 0 Å². The third-order valence-corrected chi connectivity index (χ3v) is 3.91. The van der Waals surface area contributed by atoms with Crippen LogP contribution in [0.25, 0.3) is 0 Å². The predicted octanol–water partition coefficient (Wildman–Crippen LogP) is 3.09. The van der Waals surface area contributed by atoms with Crippen LogP contribution in [0, 0.1) is 5.92 Å². The Hall–Kier alpha value is 0.270. The minimum Gasteiger partial charge on any atom is -0.315 e. The number of likely N-dealkylation sites (N-methyl/N-ethyl adjacent to an activating group) is 1. The summed E-state index contributed by atoms with van der Waals surface area (Å²) < 4.78 is 0. The summed E-state index contributed by atoms with van der Waals surface area (Å²) in [6, 6.07) is 0.708. The van der Waals surface area contributed by atoms with Crippen molar-refractivity contribution in [2.75, 3.05) is 38.7 Å². The van der Waals surface area contributed by atoms with Crippen LogP contribution in [0.15, 0.2) is 0 Å². The second-order valence-electron chi connectivity index (χ2n) is 5.40. The summed E-state index contributed by atoms with van der Waals surface area (Å²) in [6.07, 6.45) is 6.13. The van der Waals surface area contributed by atoms with E-state index in [1.165, 1.54) is 31.6 Å². The van der Waals surface area contributed by atoms with Crippen molar-refractivity contribution >= 4 is 11.8 Å². The minimum absolute atomic E-state index is 0.708. The molecule has 0 saturated heterocycles. The van der Waals surface area contributed by atoms with E-state index in [0.717, 1.165) is 19.0 Å². The highest BCUT2D eigenvalue weighted by Gasteiger charge is 2.07. The number of nitrogens with one attached hydrogen (secondary N) is 1. The van der Waals surface area contributed by atoms with Gasteiger partial charge in [-0.3, -0.25) is 0 Å². The van der Waals surface area contributed by atoms with Crippen molar-refractivity contribution in [3.05, 3.63) is 0 Å². The zero-order chi connectivity index (χ0) is 13.1. The molecular weight excluding hydrogens is 228 g/mol. The van der Waals surface area contributed by atoms with Crippen LogP contribution < -0.4 is 5.32 Å². The van der Waals surface area contributed by atoms with E-state index in [1.807, 2.05) is 11.8 Å². The standard InChI is InChI=1S/C14H32N2S/c1-13(2)7-6-9-15-10-11-16(4)14(3)8-12-17-5/h13-15H,6-12H2,1-5H3. The molecule has 0 amide bonds. The Morgan fingerprint density at radius 3 is 2.41 bits per heavy atom. The summed E-state index contributed by atoms with van der Waals surface area (Å²) >= 11 is 1.94. The second-order valence-corrected chi connectivity index (χ2v) is 6.38. The van der Waals surface area contributed by atoms with Crippen molar-refractivity contribution in [3.8, 4) is 0 Å². The number of hydrogen-bond donors (Lipinski definition) is 1. The maximum atomic E-state index is 3.54. The van der Waals surface area contributed by atoms with Crippen molar-refractivity contribution < 1.29 is 0 Å². The monoisotopic (exact) mass is 260 g/mol. The average Bonchev–Trinajstić information content (AvgIpc) is 2.29. The molecule has 0 radical (unpaired) electrons. The Kier molecular flexibility index (Phi) is 11.5. The molecule has 17 heavy (non-hydrogen) atoms. The summed E-state index contributed by atoms with van der Waals surface area (Å²) in [6.45, 7) is 10.4. The van der Waals surface area contributed by atoms with Gasteiger partial charge in [-0.1, -0.05) is 13.8 Å². The van der Waals surface area contributed by atoms with Gasteiger partial charge in [0.25, 0.3) is 0 Å². The molecule has 0 bridgehead atoms. The zero-order valence-electron chi connectivity index (χ0n) is 12.5. The largest absolute Gasteiger partial charge is 0.315 e. The summed E-state index contributed by atoms with van der Waals surface area (Å²) in [5, 5.41) is 3.54. The summed E-state index contributed by atoms with van der Waals surface area (Å²) in [7, 11) is 2.24. The molecule has 0 aliphatic heterocycles. The Morgan fingerprint density at radius 1 is 1.12 bits per heavy atom. The first-order valence-corrected chi connectivity index (χ1v) is 8.37. The third kappa shape index (κ3) is 11.1. The molecule has 1 atom stereocenters. The molecule has 2 nitrogen and oxygen atoms in total. The van der Waals surface area contributed by atoms with Crippen LogP contribution in [0.3, 0.4) is 0 Å². The normalized spacial score (nSPS) is 13.6. The Balaban J connectivity index is 3.34. The number of thioether (sulfide) groups is 1. The average molecular weight is 260 g/mol. The molecule has 0 aliphatic rings. The van der Waals surface area contributed by atoms with E-state index in [2.05, 4.69) is 44.3 Å². The van der Waals surface area contributed by atoms with Gasteiger partial charge < -0.3 is 10.2 Å². The van der Waals surface area contributed by atoms with E-state index in [-0.39, 0.29) is 0 Å². The van der Waals surface area contributed by atoms with E-state index in [1.54, 1.807) is 0 Å². The molecule has 0 aliphatic carbocycles. The molecule has 1 unspecified atom stereocenters. The lowest BCUT2D eigenvalue weighted by Crippen LogP contribution is -2.36. The lowest BCUT2D eigenvalue weighted by Gasteiger charge is -2.24. The van der Waals surface area contributed by atoms with Gasteiger partial charge in [0.2, 0.25) is 0 Å². The van der Waals surface area contributed by atoms with Gasteiger partial charge in [-0.2, -0.15) is 11.8 Å². The molecule has 0 aromatic heterocycles. The maximum Gasteiger partial charge on any atom is 0.0107 e. The van der Waals surface area contributed by atoms with Crippen molar-refractivity contribution in [2.24, 2.45) is 5.92 Å². The number of rotatable bonds is 11. The van der Waals surface area contributed by atoms with E-state index < -0.39 is 0 Å².